The Bertz CT molecular complexity index is 1490. The lowest BCUT2D eigenvalue weighted by atomic mass is 10.1. The molecule has 0 radical (unpaired) electrons. The first-order chi connectivity index (χ1) is 17.1. The summed E-state index contributed by atoms with van der Waals surface area (Å²) >= 11 is 1.43. The van der Waals surface area contributed by atoms with E-state index in [1.807, 2.05) is 85.8 Å². The average molecular weight is 481 g/mol. The fourth-order valence-corrected chi connectivity index (χ4v) is 4.79. The molecule has 3 heterocycles. The summed E-state index contributed by atoms with van der Waals surface area (Å²) in [4.78, 5) is 22.5. The predicted molar refractivity (Wildman–Crippen MR) is 142 cm³/mol. The van der Waals surface area contributed by atoms with Crippen molar-refractivity contribution in [3.63, 3.8) is 0 Å². The SMILES string of the molecule is Cc1nc(NC(=O)C(N)Cc2ccccc2)sc1-c1ccc2c(/C=C/c3ccccn3)n[nH]c2c1. The molecule has 0 fully saturated rings. The Morgan fingerprint density at radius 3 is 2.74 bits per heavy atom. The number of anilines is 1. The Hall–Kier alpha value is -4.14. The predicted octanol–water partition coefficient (Wildman–Crippen LogP) is 5.07. The lowest BCUT2D eigenvalue weighted by molar-refractivity contribution is -0.117. The first-order valence-corrected chi connectivity index (χ1v) is 12.0. The number of nitrogens with zero attached hydrogens (tertiary/aromatic N) is 3. The third kappa shape index (κ3) is 5.18. The molecule has 1 unspecified atom stereocenters. The fraction of sp³-hybridized carbons (Fsp3) is 0.111. The third-order valence-electron chi connectivity index (χ3n) is 5.62. The Labute approximate surface area is 206 Å². The number of hydrogen-bond donors (Lipinski definition) is 3. The number of pyridine rings is 1. The molecule has 0 aliphatic carbocycles. The highest BCUT2D eigenvalue weighted by molar-refractivity contribution is 7.19. The first kappa shape index (κ1) is 22.6. The summed E-state index contributed by atoms with van der Waals surface area (Å²) in [5, 5.41) is 12.0. The van der Waals surface area contributed by atoms with E-state index in [1.54, 1.807) is 6.20 Å². The first-order valence-electron chi connectivity index (χ1n) is 11.2. The van der Waals surface area contributed by atoms with Crippen LogP contribution < -0.4 is 11.1 Å². The summed E-state index contributed by atoms with van der Waals surface area (Å²) in [5.41, 5.74) is 11.6. The summed E-state index contributed by atoms with van der Waals surface area (Å²) in [6, 6.07) is 21.0. The molecule has 35 heavy (non-hydrogen) atoms. The van der Waals surface area contributed by atoms with Crippen molar-refractivity contribution >= 4 is 45.4 Å². The number of aromatic nitrogens is 4. The summed E-state index contributed by atoms with van der Waals surface area (Å²) in [6.45, 7) is 1.93. The van der Waals surface area contributed by atoms with Crippen LogP contribution in [0.5, 0.6) is 0 Å². The fourth-order valence-electron chi connectivity index (χ4n) is 3.82. The van der Waals surface area contributed by atoms with Crippen molar-refractivity contribution in [3.05, 3.63) is 95.6 Å². The number of fused-ring (bicyclic) bond motifs is 1. The van der Waals surface area contributed by atoms with Crippen molar-refractivity contribution in [2.24, 2.45) is 5.73 Å². The van der Waals surface area contributed by atoms with E-state index >= 15 is 0 Å². The van der Waals surface area contributed by atoms with Crippen LogP contribution in [-0.2, 0) is 11.2 Å². The monoisotopic (exact) mass is 480 g/mol. The molecule has 0 aliphatic rings. The molecule has 2 aromatic carbocycles. The van der Waals surface area contributed by atoms with Gasteiger partial charge in [0.1, 0.15) is 0 Å². The largest absolute Gasteiger partial charge is 0.320 e. The van der Waals surface area contributed by atoms with Gasteiger partial charge in [0, 0.05) is 11.6 Å². The number of carbonyl (C=O) groups is 1. The van der Waals surface area contributed by atoms with E-state index in [1.165, 1.54) is 11.3 Å². The molecule has 5 rings (SSSR count). The van der Waals surface area contributed by atoms with Crippen LogP contribution in [0.4, 0.5) is 5.13 Å². The van der Waals surface area contributed by atoms with Gasteiger partial charge in [-0.25, -0.2) is 4.98 Å². The maximum absolute atomic E-state index is 12.6. The lowest BCUT2D eigenvalue weighted by Crippen LogP contribution is -2.37. The van der Waals surface area contributed by atoms with Crippen molar-refractivity contribution in [1.82, 2.24) is 20.2 Å². The molecule has 0 bridgehead atoms. The van der Waals surface area contributed by atoms with Gasteiger partial charge in [-0.15, -0.1) is 0 Å². The quantitative estimate of drug-likeness (QED) is 0.301. The molecule has 5 aromatic rings. The highest BCUT2D eigenvalue weighted by Crippen LogP contribution is 2.34. The maximum Gasteiger partial charge on any atom is 0.243 e. The van der Waals surface area contributed by atoms with Gasteiger partial charge in [0.05, 0.1) is 33.5 Å². The molecule has 1 amide bonds. The summed E-state index contributed by atoms with van der Waals surface area (Å²) in [6.07, 6.45) is 6.12. The van der Waals surface area contributed by atoms with E-state index < -0.39 is 6.04 Å². The lowest BCUT2D eigenvalue weighted by Gasteiger charge is -2.10. The second-order valence-electron chi connectivity index (χ2n) is 8.18. The van der Waals surface area contributed by atoms with Crippen LogP contribution in [0.15, 0.2) is 72.9 Å². The number of nitrogens with one attached hydrogen (secondary N) is 2. The van der Waals surface area contributed by atoms with Gasteiger partial charge in [-0.2, -0.15) is 5.10 Å². The summed E-state index contributed by atoms with van der Waals surface area (Å²) in [7, 11) is 0. The molecule has 0 spiro atoms. The zero-order chi connectivity index (χ0) is 24.2. The zero-order valence-corrected chi connectivity index (χ0v) is 19.9. The number of amides is 1. The smallest absolute Gasteiger partial charge is 0.243 e. The molecule has 4 N–H and O–H groups in total. The van der Waals surface area contributed by atoms with Gasteiger partial charge in [0.2, 0.25) is 5.91 Å². The molecule has 0 saturated heterocycles. The van der Waals surface area contributed by atoms with E-state index in [0.29, 0.717) is 11.6 Å². The second-order valence-corrected chi connectivity index (χ2v) is 9.18. The van der Waals surface area contributed by atoms with E-state index in [4.69, 9.17) is 5.73 Å². The molecule has 1 atom stereocenters. The molecule has 3 aromatic heterocycles. The minimum Gasteiger partial charge on any atom is -0.320 e. The highest BCUT2D eigenvalue weighted by atomic mass is 32.1. The number of carbonyl (C=O) groups excluding carboxylic acids is 1. The second kappa shape index (κ2) is 10.0. The number of nitrogens with two attached hydrogens (primary N) is 1. The third-order valence-corrected chi connectivity index (χ3v) is 6.74. The van der Waals surface area contributed by atoms with Crippen LogP contribution >= 0.6 is 11.3 Å². The van der Waals surface area contributed by atoms with Gasteiger partial charge in [-0.1, -0.05) is 53.8 Å². The number of aryl methyl sites for hydroxylation is 1. The van der Waals surface area contributed by atoms with Crippen LogP contribution in [0.3, 0.4) is 0 Å². The summed E-state index contributed by atoms with van der Waals surface area (Å²) in [5.74, 6) is -0.248. The van der Waals surface area contributed by atoms with Gasteiger partial charge in [-0.05, 0) is 60.9 Å². The highest BCUT2D eigenvalue weighted by Gasteiger charge is 2.18. The van der Waals surface area contributed by atoms with Crippen LogP contribution in [0.25, 0.3) is 33.5 Å². The van der Waals surface area contributed by atoms with Gasteiger partial charge >= 0.3 is 0 Å². The van der Waals surface area contributed by atoms with Crippen LogP contribution in [0.2, 0.25) is 0 Å². The van der Waals surface area contributed by atoms with Crippen molar-refractivity contribution in [3.8, 4) is 10.4 Å². The molecular weight excluding hydrogens is 456 g/mol. The zero-order valence-electron chi connectivity index (χ0n) is 19.1. The maximum atomic E-state index is 12.6. The van der Waals surface area contributed by atoms with Gasteiger partial charge in [0.15, 0.2) is 5.13 Å². The number of benzene rings is 2. The Morgan fingerprint density at radius 2 is 1.94 bits per heavy atom. The van der Waals surface area contributed by atoms with E-state index in [0.717, 1.165) is 44.0 Å². The van der Waals surface area contributed by atoms with Gasteiger partial charge in [0.25, 0.3) is 0 Å². The van der Waals surface area contributed by atoms with E-state index in [9.17, 15) is 4.79 Å². The molecule has 0 aliphatic heterocycles. The van der Waals surface area contributed by atoms with Crippen molar-refractivity contribution in [2.45, 2.75) is 19.4 Å². The molecule has 8 heteroatoms. The topological polar surface area (TPSA) is 110 Å². The Morgan fingerprint density at radius 1 is 1.11 bits per heavy atom. The molecule has 7 nitrogen and oxygen atoms in total. The minimum absolute atomic E-state index is 0.248. The molecule has 0 saturated carbocycles. The molecular formula is C27H24N6OS. The van der Waals surface area contributed by atoms with E-state index in [-0.39, 0.29) is 5.91 Å². The summed E-state index contributed by atoms with van der Waals surface area (Å²) < 4.78 is 0. The molecule has 174 valence electrons. The van der Waals surface area contributed by atoms with E-state index in [2.05, 4.69) is 25.5 Å². The van der Waals surface area contributed by atoms with Gasteiger partial charge < -0.3 is 11.1 Å². The normalized spacial score (nSPS) is 12.3. The van der Waals surface area contributed by atoms with Crippen molar-refractivity contribution in [2.75, 3.05) is 5.32 Å². The van der Waals surface area contributed by atoms with Crippen LogP contribution in [0, 0.1) is 6.92 Å². The van der Waals surface area contributed by atoms with Gasteiger partial charge in [-0.3, -0.25) is 14.9 Å². The number of aromatic amines is 1. The van der Waals surface area contributed by atoms with Crippen molar-refractivity contribution in [1.29, 1.82) is 0 Å². The number of H-pyrrole nitrogens is 1. The standard InChI is InChI=1S/C27H24N6OS/c1-17-25(35-27(30-17)31-26(34)22(28)15-18-7-3-2-4-8-18)19-10-12-21-23(32-33-24(21)16-19)13-11-20-9-5-6-14-29-20/h2-14,16,22H,15,28H2,1H3,(H,32,33)(H,30,31,34)/b13-11+. The Kier molecular flexibility index (Phi) is 6.47. The average Bonchev–Trinajstić information content (AvgIpc) is 3.46. The Balaban J connectivity index is 1.32. The number of hydrogen-bond acceptors (Lipinski definition) is 6. The van der Waals surface area contributed by atoms with Crippen LogP contribution in [0.1, 0.15) is 22.6 Å². The number of thiazole rings is 1. The number of rotatable bonds is 7. The van der Waals surface area contributed by atoms with Crippen LogP contribution in [-0.4, -0.2) is 32.1 Å². The van der Waals surface area contributed by atoms with Crippen molar-refractivity contribution < 1.29 is 4.79 Å². The minimum atomic E-state index is -0.649.